The van der Waals surface area contributed by atoms with Crippen molar-refractivity contribution < 1.29 is 14.3 Å². The molecule has 0 radical (unpaired) electrons. The average molecular weight is 433 g/mol. The number of rotatable bonds is 5. The van der Waals surface area contributed by atoms with Crippen LogP contribution < -0.4 is 10.9 Å². The Morgan fingerprint density at radius 1 is 1.10 bits per heavy atom. The Kier molecular flexibility index (Phi) is 5.64. The van der Waals surface area contributed by atoms with E-state index in [4.69, 9.17) is 4.74 Å². The molecule has 0 saturated heterocycles. The van der Waals surface area contributed by atoms with Crippen molar-refractivity contribution in [1.29, 1.82) is 0 Å². The van der Waals surface area contributed by atoms with E-state index in [1.54, 1.807) is 48.7 Å². The highest BCUT2D eigenvalue weighted by atomic mass is 32.1. The molecule has 0 fully saturated rings. The number of anilines is 1. The van der Waals surface area contributed by atoms with Crippen molar-refractivity contribution in [2.75, 3.05) is 11.9 Å². The van der Waals surface area contributed by atoms with Crippen LogP contribution in [0.5, 0.6) is 0 Å². The molecule has 156 valence electrons. The van der Waals surface area contributed by atoms with Gasteiger partial charge in [-0.1, -0.05) is 35.9 Å². The van der Waals surface area contributed by atoms with Crippen LogP contribution in [0.15, 0.2) is 64.8 Å². The molecule has 0 spiro atoms. The molecule has 2 aromatic heterocycles. The van der Waals surface area contributed by atoms with Crippen molar-refractivity contribution in [2.45, 2.75) is 13.8 Å². The fraction of sp³-hybridized carbons (Fsp3) is 0.130. The summed E-state index contributed by atoms with van der Waals surface area (Å²) in [5.74, 6) is -0.979. The number of fused-ring (bicyclic) bond motifs is 1. The first-order valence-electron chi connectivity index (χ1n) is 9.64. The van der Waals surface area contributed by atoms with Crippen LogP contribution in [0.1, 0.15) is 33.3 Å². The van der Waals surface area contributed by atoms with E-state index in [9.17, 15) is 14.4 Å². The fourth-order valence-corrected chi connectivity index (χ4v) is 4.05. The van der Waals surface area contributed by atoms with Crippen molar-refractivity contribution in [3.05, 3.63) is 87.2 Å². The third-order valence-corrected chi connectivity index (χ3v) is 5.56. The minimum atomic E-state index is -0.632. The zero-order chi connectivity index (χ0) is 22.0. The number of nitrogens with zero attached hydrogens (tertiary/aromatic N) is 2. The van der Waals surface area contributed by atoms with Crippen LogP contribution in [0.2, 0.25) is 0 Å². The zero-order valence-electron chi connectivity index (χ0n) is 16.9. The third-order valence-electron chi connectivity index (χ3n) is 4.66. The summed E-state index contributed by atoms with van der Waals surface area (Å²) in [5, 5.41) is 9.64. The smallest absolute Gasteiger partial charge is 0.359 e. The van der Waals surface area contributed by atoms with Crippen LogP contribution in [-0.4, -0.2) is 28.3 Å². The molecule has 0 saturated carbocycles. The molecule has 1 amide bonds. The van der Waals surface area contributed by atoms with Gasteiger partial charge in [0, 0.05) is 16.3 Å². The lowest BCUT2D eigenvalue weighted by molar-refractivity contribution is 0.0520. The maximum Gasteiger partial charge on any atom is 0.359 e. The van der Waals surface area contributed by atoms with E-state index in [-0.39, 0.29) is 23.6 Å². The molecule has 0 aliphatic heterocycles. The van der Waals surface area contributed by atoms with Gasteiger partial charge in [-0.25, -0.2) is 4.79 Å². The first-order valence-corrected chi connectivity index (χ1v) is 10.5. The van der Waals surface area contributed by atoms with Crippen LogP contribution in [0, 0.1) is 6.92 Å². The van der Waals surface area contributed by atoms with Gasteiger partial charge in [-0.2, -0.15) is 9.78 Å². The summed E-state index contributed by atoms with van der Waals surface area (Å²) < 4.78 is 6.31. The standard InChI is InChI=1S/C23H19N3O4S/c1-3-30-23(29)19-17-13-31-21(24-20(27)15-7-5-4-6-8-15)18(17)22(28)26(25-19)16-11-9-14(2)10-12-16/h4-13H,3H2,1-2H3,(H,24,27). The predicted octanol–water partition coefficient (Wildman–Crippen LogP) is 4.18. The van der Waals surface area contributed by atoms with Gasteiger partial charge in [0.25, 0.3) is 11.5 Å². The highest BCUT2D eigenvalue weighted by Crippen LogP contribution is 2.31. The van der Waals surface area contributed by atoms with Crippen molar-refractivity contribution in [2.24, 2.45) is 0 Å². The molecule has 2 heterocycles. The molecule has 0 atom stereocenters. The number of benzene rings is 2. The molecule has 4 rings (SSSR count). The number of aromatic nitrogens is 2. The van der Waals surface area contributed by atoms with E-state index >= 15 is 0 Å². The van der Waals surface area contributed by atoms with E-state index in [1.807, 2.05) is 25.1 Å². The lowest BCUT2D eigenvalue weighted by Gasteiger charge is -2.10. The monoisotopic (exact) mass is 433 g/mol. The Hall–Kier alpha value is -3.78. The number of ether oxygens (including phenoxy) is 1. The molecule has 0 aliphatic rings. The molecule has 0 unspecified atom stereocenters. The third kappa shape index (κ3) is 3.97. The fourth-order valence-electron chi connectivity index (χ4n) is 3.12. The lowest BCUT2D eigenvalue weighted by Crippen LogP contribution is -2.25. The molecule has 7 nitrogen and oxygen atoms in total. The molecule has 31 heavy (non-hydrogen) atoms. The Morgan fingerprint density at radius 3 is 2.48 bits per heavy atom. The summed E-state index contributed by atoms with van der Waals surface area (Å²) >= 11 is 1.16. The van der Waals surface area contributed by atoms with Gasteiger partial charge >= 0.3 is 5.97 Å². The van der Waals surface area contributed by atoms with Crippen molar-refractivity contribution in [3.8, 4) is 5.69 Å². The first-order chi connectivity index (χ1) is 15.0. The summed E-state index contributed by atoms with van der Waals surface area (Å²) in [5.41, 5.74) is 1.58. The second-order valence-electron chi connectivity index (χ2n) is 6.80. The van der Waals surface area contributed by atoms with Gasteiger partial charge in [0.2, 0.25) is 0 Å². The first kappa shape index (κ1) is 20.5. The lowest BCUT2D eigenvalue weighted by atomic mass is 10.2. The molecule has 2 aromatic carbocycles. The van der Waals surface area contributed by atoms with Crippen LogP contribution in [0.3, 0.4) is 0 Å². The molecule has 4 aromatic rings. The van der Waals surface area contributed by atoms with Gasteiger partial charge in [-0.3, -0.25) is 9.59 Å². The largest absolute Gasteiger partial charge is 0.461 e. The molecular weight excluding hydrogens is 414 g/mol. The molecule has 8 heteroatoms. The predicted molar refractivity (Wildman–Crippen MR) is 120 cm³/mol. The zero-order valence-corrected chi connectivity index (χ0v) is 17.7. The second kappa shape index (κ2) is 8.53. The second-order valence-corrected chi connectivity index (χ2v) is 7.67. The number of hydrogen-bond donors (Lipinski definition) is 1. The van der Waals surface area contributed by atoms with Gasteiger partial charge in [0.05, 0.1) is 17.7 Å². The number of amides is 1. The quantitative estimate of drug-likeness (QED) is 0.477. The van der Waals surface area contributed by atoms with Gasteiger partial charge < -0.3 is 10.1 Å². The summed E-state index contributed by atoms with van der Waals surface area (Å²) in [7, 11) is 0. The molecule has 0 aliphatic carbocycles. The van der Waals surface area contributed by atoms with Gasteiger partial charge in [-0.05, 0) is 38.1 Å². The van der Waals surface area contributed by atoms with Gasteiger partial charge in [0.1, 0.15) is 5.00 Å². The normalized spacial score (nSPS) is 10.8. The maximum absolute atomic E-state index is 13.4. The van der Waals surface area contributed by atoms with E-state index in [1.165, 1.54) is 4.68 Å². The van der Waals surface area contributed by atoms with E-state index in [0.29, 0.717) is 21.6 Å². The minimum absolute atomic E-state index is 0.0217. The van der Waals surface area contributed by atoms with Crippen LogP contribution in [0.25, 0.3) is 16.5 Å². The summed E-state index contributed by atoms with van der Waals surface area (Å²) in [6, 6.07) is 15.9. The maximum atomic E-state index is 13.4. The van der Waals surface area contributed by atoms with Gasteiger partial charge in [-0.15, -0.1) is 11.3 Å². The van der Waals surface area contributed by atoms with Crippen molar-refractivity contribution >= 4 is 39.0 Å². The number of carbonyl (C=O) groups excluding carboxylic acids is 2. The number of esters is 1. The average Bonchev–Trinajstić information content (AvgIpc) is 3.19. The Labute approximate surface area is 181 Å². The highest BCUT2D eigenvalue weighted by molar-refractivity contribution is 7.16. The van der Waals surface area contributed by atoms with Crippen LogP contribution in [0.4, 0.5) is 5.00 Å². The number of carbonyl (C=O) groups is 2. The van der Waals surface area contributed by atoms with E-state index < -0.39 is 11.5 Å². The number of aryl methyl sites for hydroxylation is 1. The number of thiophene rings is 1. The van der Waals surface area contributed by atoms with Crippen molar-refractivity contribution in [1.82, 2.24) is 9.78 Å². The SMILES string of the molecule is CCOC(=O)c1nn(-c2ccc(C)cc2)c(=O)c2c(NC(=O)c3ccccc3)scc12. The van der Waals surface area contributed by atoms with E-state index in [0.717, 1.165) is 16.9 Å². The van der Waals surface area contributed by atoms with Gasteiger partial charge in [0.15, 0.2) is 5.69 Å². The Morgan fingerprint density at radius 2 is 1.81 bits per heavy atom. The molecule has 0 bridgehead atoms. The summed E-state index contributed by atoms with van der Waals surface area (Å²) in [6.07, 6.45) is 0. The number of nitrogens with one attached hydrogen (secondary N) is 1. The molecular formula is C23H19N3O4S. The summed E-state index contributed by atoms with van der Waals surface area (Å²) in [4.78, 5) is 38.6. The number of hydrogen-bond acceptors (Lipinski definition) is 6. The van der Waals surface area contributed by atoms with Crippen molar-refractivity contribution in [3.63, 3.8) is 0 Å². The minimum Gasteiger partial charge on any atom is -0.461 e. The Bertz CT molecular complexity index is 1320. The molecule has 1 N–H and O–H groups in total. The summed E-state index contributed by atoms with van der Waals surface area (Å²) in [6.45, 7) is 3.81. The topological polar surface area (TPSA) is 90.3 Å². The Balaban J connectivity index is 1.89. The van der Waals surface area contributed by atoms with Crippen LogP contribution >= 0.6 is 11.3 Å². The van der Waals surface area contributed by atoms with Crippen LogP contribution in [-0.2, 0) is 4.74 Å². The highest BCUT2D eigenvalue weighted by Gasteiger charge is 2.23. The van der Waals surface area contributed by atoms with E-state index in [2.05, 4.69) is 10.4 Å².